The van der Waals surface area contributed by atoms with E-state index >= 15 is 0 Å². The minimum Gasteiger partial charge on any atom is -0.437 e. The zero-order chi connectivity index (χ0) is 28.7. The van der Waals surface area contributed by atoms with Gasteiger partial charge in [0, 0.05) is 24.1 Å². The molecule has 0 saturated carbocycles. The van der Waals surface area contributed by atoms with Crippen LogP contribution in [0.15, 0.2) is 48.8 Å². The van der Waals surface area contributed by atoms with Crippen molar-refractivity contribution in [2.75, 3.05) is 10.6 Å². The number of ether oxygens (including phenoxy) is 1. The molecular weight excluding hydrogens is 545 g/mol. The molecule has 1 atom stereocenters. The third-order valence-electron chi connectivity index (χ3n) is 6.34. The van der Waals surface area contributed by atoms with Crippen LogP contribution in [0.25, 0.3) is 21.5 Å². The van der Waals surface area contributed by atoms with Gasteiger partial charge in [0.05, 0.1) is 27.7 Å². The summed E-state index contributed by atoms with van der Waals surface area (Å²) in [6.07, 6.45) is -2.07. The average Bonchev–Trinajstić information content (AvgIpc) is 3.46. The van der Waals surface area contributed by atoms with E-state index in [0.717, 1.165) is 23.3 Å². The van der Waals surface area contributed by atoms with Crippen LogP contribution in [0.4, 0.5) is 24.0 Å². The van der Waals surface area contributed by atoms with Gasteiger partial charge in [0.2, 0.25) is 17.7 Å². The summed E-state index contributed by atoms with van der Waals surface area (Å²) in [6, 6.07) is 9.29. The van der Waals surface area contributed by atoms with Gasteiger partial charge >= 0.3 is 6.18 Å². The Hall–Kier alpha value is -4.10. The molecule has 3 heterocycles. The summed E-state index contributed by atoms with van der Waals surface area (Å²) in [6.45, 7) is 5.31. The normalized spacial score (nSPS) is 16.6. The predicted octanol–water partition coefficient (Wildman–Crippen LogP) is 5.99. The lowest BCUT2D eigenvalue weighted by atomic mass is 10.0. The number of rotatable bonds is 6. The SMILES string of the molecule is CC(=O)Nc1nc2c(Oc3cc(-c4ccc(C(F)(F)F)cc4NC(=O)[C@@H]4CCC(C)(C)N4)ncn3)cccc2s1. The summed E-state index contributed by atoms with van der Waals surface area (Å²) in [5, 5.41) is 8.93. The van der Waals surface area contributed by atoms with Crippen LogP contribution >= 0.6 is 11.3 Å². The fraction of sp³-hybridized carbons (Fsp3) is 0.296. The number of aromatic nitrogens is 3. The maximum atomic E-state index is 13.5. The lowest BCUT2D eigenvalue weighted by Crippen LogP contribution is -2.43. The van der Waals surface area contributed by atoms with Crippen molar-refractivity contribution in [2.24, 2.45) is 0 Å². The van der Waals surface area contributed by atoms with E-state index in [0.29, 0.717) is 22.8 Å². The fourth-order valence-electron chi connectivity index (χ4n) is 4.45. The van der Waals surface area contributed by atoms with Gasteiger partial charge in [-0.05, 0) is 51.0 Å². The van der Waals surface area contributed by atoms with E-state index in [1.165, 1.54) is 36.7 Å². The van der Waals surface area contributed by atoms with E-state index in [1.807, 2.05) is 19.9 Å². The Morgan fingerprint density at radius 1 is 1.12 bits per heavy atom. The highest BCUT2D eigenvalue weighted by atomic mass is 32.1. The van der Waals surface area contributed by atoms with Crippen LogP contribution in [0, 0.1) is 0 Å². The van der Waals surface area contributed by atoms with Crippen LogP contribution in [0.5, 0.6) is 11.6 Å². The number of hydrogen-bond donors (Lipinski definition) is 3. The summed E-state index contributed by atoms with van der Waals surface area (Å²) in [7, 11) is 0. The average molecular weight is 571 g/mol. The Morgan fingerprint density at radius 3 is 2.62 bits per heavy atom. The molecule has 1 saturated heterocycles. The molecule has 1 aliphatic rings. The molecule has 0 radical (unpaired) electrons. The lowest BCUT2D eigenvalue weighted by Gasteiger charge is -2.21. The van der Waals surface area contributed by atoms with Gasteiger partial charge in [0.25, 0.3) is 0 Å². The van der Waals surface area contributed by atoms with Crippen LogP contribution in [-0.4, -0.2) is 38.3 Å². The molecule has 208 valence electrons. The number of hydrogen-bond acceptors (Lipinski definition) is 8. The van der Waals surface area contributed by atoms with E-state index in [2.05, 4.69) is 30.9 Å². The minimum atomic E-state index is -4.60. The number of thiazole rings is 1. The summed E-state index contributed by atoms with van der Waals surface area (Å²) in [5.74, 6) is -0.204. The molecule has 2 aromatic carbocycles. The first-order valence-corrected chi connectivity index (χ1v) is 13.2. The summed E-state index contributed by atoms with van der Waals surface area (Å²) < 4.78 is 47.4. The van der Waals surface area contributed by atoms with E-state index in [-0.39, 0.29) is 34.3 Å². The number of carbonyl (C=O) groups is 2. The summed E-state index contributed by atoms with van der Waals surface area (Å²) >= 11 is 1.28. The van der Waals surface area contributed by atoms with E-state index in [1.54, 1.807) is 12.1 Å². The van der Waals surface area contributed by atoms with Crippen molar-refractivity contribution in [1.82, 2.24) is 20.3 Å². The van der Waals surface area contributed by atoms with Crippen LogP contribution in [0.3, 0.4) is 0 Å². The first-order chi connectivity index (χ1) is 18.9. The number of benzene rings is 2. The second kappa shape index (κ2) is 10.5. The van der Waals surface area contributed by atoms with E-state index < -0.39 is 23.7 Å². The Kier molecular flexibility index (Phi) is 7.19. The van der Waals surface area contributed by atoms with Crippen molar-refractivity contribution in [2.45, 2.75) is 51.4 Å². The van der Waals surface area contributed by atoms with Gasteiger partial charge in [-0.15, -0.1) is 0 Å². The van der Waals surface area contributed by atoms with Crippen LogP contribution in [0.1, 0.15) is 39.2 Å². The number of nitrogens with one attached hydrogen (secondary N) is 3. The van der Waals surface area contributed by atoms with Gasteiger partial charge in [0.15, 0.2) is 10.9 Å². The highest BCUT2D eigenvalue weighted by Gasteiger charge is 2.35. The molecule has 5 rings (SSSR count). The van der Waals surface area contributed by atoms with Crippen molar-refractivity contribution in [1.29, 1.82) is 0 Å². The largest absolute Gasteiger partial charge is 0.437 e. The predicted molar refractivity (Wildman–Crippen MR) is 145 cm³/mol. The molecule has 1 aliphatic heterocycles. The molecule has 3 N–H and O–H groups in total. The third-order valence-corrected chi connectivity index (χ3v) is 7.28. The van der Waals surface area contributed by atoms with Gasteiger partial charge in [-0.2, -0.15) is 13.2 Å². The van der Waals surface area contributed by atoms with Gasteiger partial charge in [-0.25, -0.2) is 15.0 Å². The molecule has 0 unspecified atom stereocenters. The number of para-hydroxylation sites is 1. The van der Waals surface area contributed by atoms with E-state index in [4.69, 9.17) is 4.74 Å². The molecule has 40 heavy (non-hydrogen) atoms. The molecule has 2 aromatic heterocycles. The Bertz CT molecular complexity index is 1600. The maximum Gasteiger partial charge on any atom is 0.416 e. The highest BCUT2D eigenvalue weighted by Crippen LogP contribution is 2.38. The maximum absolute atomic E-state index is 13.5. The monoisotopic (exact) mass is 570 g/mol. The van der Waals surface area contributed by atoms with Crippen LogP contribution in [-0.2, 0) is 15.8 Å². The van der Waals surface area contributed by atoms with Crippen LogP contribution < -0.4 is 20.7 Å². The lowest BCUT2D eigenvalue weighted by molar-refractivity contribution is -0.137. The number of nitrogens with zero attached hydrogens (tertiary/aromatic N) is 3. The van der Waals surface area contributed by atoms with Gasteiger partial charge in [-0.3, -0.25) is 9.59 Å². The van der Waals surface area contributed by atoms with Crippen molar-refractivity contribution in [3.8, 4) is 22.9 Å². The van der Waals surface area contributed by atoms with E-state index in [9.17, 15) is 22.8 Å². The van der Waals surface area contributed by atoms with Crippen molar-refractivity contribution >= 4 is 44.2 Å². The summed E-state index contributed by atoms with van der Waals surface area (Å²) in [5.41, 5.74) is -0.158. The smallest absolute Gasteiger partial charge is 0.416 e. The topological polar surface area (TPSA) is 118 Å². The molecule has 2 amide bonds. The number of amides is 2. The molecule has 9 nitrogen and oxygen atoms in total. The van der Waals surface area contributed by atoms with Crippen molar-refractivity contribution in [3.63, 3.8) is 0 Å². The number of anilines is 2. The Labute approximate surface area is 231 Å². The second-order valence-corrected chi connectivity index (χ2v) is 11.0. The Morgan fingerprint density at radius 2 is 1.93 bits per heavy atom. The minimum absolute atomic E-state index is 0.0301. The molecule has 13 heteroatoms. The fourth-order valence-corrected chi connectivity index (χ4v) is 5.38. The zero-order valence-electron chi connectivity index (χ0n) is 21.7. The highest BCUT2D eigenvalue weighted by molar-refractivity contribution is 7.22. The molecule has 0 aliphatic carbocycles. The second-order valence-electron chi connectivity index (χ2n) is 10.0. The first-order valence-electron chi connectivity index (χ1n) is 12.4. The van der Waals surface area contributed by atoms with Crippen LogP contribution in [0.2, 0.25) is 0 Å². The van der Waals surface area contributed by atoms with Crippen molar-refractivity contribution < 1.29 is 27.5 Å². The van der Waals surface area contributed by atoms with Crippen molar-refractivity contribution in [3.05, 3.63) is 54.4 Å². The standard InChI is InChI=1S/C27H25F3N6O3S/c1-14(37)33-25-35-23-20(5-4-6-21(23)40-25)39-22-12-18(31-13-32-22)16-8-7-15(27(28,29)30)11-19(16)34-24(38)17-9-10-26(2,3)36-17/h4-8,11-13,17,36H,9-10H2,1-3H3,(H,34,38)(H,33,35,37)/t17-/m0/s1. The molecule has 0 spiro atoms. The first kappa shape index (κ1) is 27.5. The molecule has 4 aromatic rings. The molecule has 0 bridgehead atoms. The Balaban J connectivity index is 1.47. The van der Waals surface area contributed by atoms with Gasteiger partial charge in [0.1, 0.15) is 11.8 Å². The molecule has 1 fully saturated rings. The number of alkyl halides is 3. The number of fused-ring (bicyclic) bond motifs is 1. The van der Waals surface area contributed by atoms with Gasteiger partial charge < -0.3 is 20.7 Å². The number of halogens is 3. The third kappa shape index (κ3) is 6.05. The molecular formula is C27H25F3N6O3S. The van der Waals surface area contributed by atoms with Gasteiger partial charge in [-0.1, -0.05) is 23.5 Å². The zero-order valence-corrected chi connectivity index (χ0v) is 22.5. The quantitative estimate of drug-likeness (QED) is 0.261. The summed E-state index contributed by atoms with van der Waals surface area (Å²) in [4.78, 5) is 37.2. The number of carbonyl (C=O) groups excluding carboxylic acids is 2.